The first-order valence-electron chi connectivity index (χ1n) is 8.98. The molecule has 0 aromatic heterocycles. The second kappa shape index (κ2) is 7.76. The maximum atomic E-state index is 12.9. The number of imide groups is 1. The summed E-state index contributed by atoms with van der Waals surface area (Å²) in [4.78, 5) is 49.9. The summed E-state index contributed by atoms with van der Waals surface area (Å²) in [5.41, 5.74) is 0.455. The lowest BCUT2D eigenvalue weighted by molar-refractivity contribution is -0.127. The van der Waals surface area contributed by atoms with Gasteiger partial charge in [0.25, 0.3) is 5.91 Å². The van der Waals surface area contributed by atoms with E-state index in [0.717, 1.165) is 5.56 Å². The Hall–Kier alpha value is -3.66. The Balaban J connectivity index is 1.91. The minimum Gasteiger partial charge on any atom is -0.497 e. The lowest BCUT2D eigenvalue weighted by Gasteiger charge is -2.25. The summed E-state index contributed by atoms with van der Waals surface area (Å²) in [6.45, 7) is 5.68. The van der Waals surface area contributed by atoms with Crippen LogP contribution in [0.15, 0.2) is 42.0 Å². The number of aldehydes is 1. The average Bonchev–Trinajstić information content (AvgIpc) is 3.16. The van der Waals surface area contributed by atoms with Gasteiger partial charge in [0.2, 0.25) is 11.8 Å². The maximum Gasteiger partial charge on any atom is 0.254 e. The zero-order valence-corrected chi connectivity index (χ0v) is 16.2. The lowest BCUT2D eigenvalue weighted by Crippen LogP contribution is -2.42. The van der Waals surface area contributed by atoms with E-state index in [1.165, 1.54) is 12.0 Å². The SMILES string of the molecule is C=C(C#CC1(CN2Cc3ccc(OC)cc3C2=O)CC(=O)NC1=O)C(C=O)=CC. The first-order chi connectivity index (χ1) is 13.8. The molecule has 0 bridgehead atoms. The van der Waals surface area contributed by atoms with Crippen LogP contribution in [0.1, 0.15) is 29.3 Å². The molecule has 1 unspecified atom stereocenters. The predicted octanol–water partition coefficient (Wildman–Crippen LogP) is 1.39. The van der Waals surface area contributed by atoms with Crippen molar-refractivity contribution >= 4 is 24.0 Å². The highest BCUT2D eigenvalue weighted by Gasteiger charge is 2.48. The number of nitrogens with one attached hydrogen (secondary N) is 1. The van der Waals surface area contributed by atoms with E-state index in [-0.39, 0.29) is 24.4 Å². The number of hydrogen-bond acceptors (Lipinski definition) is 5. The van der Waals surface area contributed by atoms with E-state index in [1.807, 2.05) is 0 Å². The molecule has 3 amide bonds. The summed E-state index contributed by atoms with van der Waals surface area (Å²) in [6, 6.07) is 5.22. The molecule has 1 atom stereocenters. The molecule has 0 aliphatic carbocycles. The fraction of sp³-hybridized carbons (Fsp3) is 0.273. The normalized spacial score (nSPS) is 20.7. The van der Waals surface area contributed by atoms with E-state index < -0.39 is 17.2 Å². The topological polar surface area (TPSA) is 92.8 Å². The van der Waals surface area contributed by atoms with Gasteiger partial charge in [-0.05, 0) is 24.6 Å². The fourth-order valence-corrected chi connectivity index (χ4v) is 3.41. The molecule has 148 valence electrons. The molecule has 1 fully saturated rings. The number of amides is 3. The number of carbonyl (C=O) groups is 4. The predicted molar refractivity (Wildman–Crippen MR) is 105 cm³/mol. The number of allylic oxidation sites excluding steroid dienone is 3. The fourth-order valence-electron chi connectivity index (χ4n) is 3.41. The van der Waals surface area contributed by atoms with Crippen LogP contribution in [0.2, 0.25) is 0 Å². The molecule has 1 aromatic carbocycles. The summed E-state index contributed by atoms with van der Waals surface area (Å²) in [5.74, 6) is 4.84. The van der Waals surface area contributed by atoms with Crippen molar-refractivity contribution < 1.29 is 23.9 Å². The van der Waals surface area contributed by atoms with Gasteiger partial charge in [0.15, 0.2) is 6.29 Å². The van der Waals surface area contributed by atoms with Gasteiger partial charge >= 0.3 is 0 Å². The number of hydrogen-bond donors (Lipinski definition) is 1. The summed E-state index contributed by atoms with van der Waals surface area (Å²) < 4.78 is 5.17. The summed E-state index contributed by atoms with van der Waals surface area (Å²) >= 11 is 0. The highest BCUT2D eigenvalue weighted by atomic mass is 16.5. The third kappa shape index (κ3) is 3.69. The third-order valence-corrected chi connectivity index (χ3v) is 5.05. The molecule has 7 heteroatoms. The monoisotopic (exact) mass is 392 g/mol. The van der Waals surface area contributed by atoms with E-state index in [0.29, 0.717) is 29.7 Å². The van der Waals surface area contributed by atoms with Crippen LogP contribution in [-0.2, 0) is 20.9 Å². The van der Waals surface area contributed by atoms with Crippen molar-refractivity contribution in [3.63, 3.8) is 0 Å². The standard InChI is InChI=1S/C22H20N2O5/c1-4-15(12-25)14(2)7-8-22(10-19(26)23-21(22)28)13-24-11-16-5-6-17(29-3)9-18(16)20(24)27/h4-6,9,12H,2,10-11,13H2,1,3H3,(H,23,26,28). The number of nitrogens with zero attached hydrogens (tertiary/aromatic N) is 1. The van der Waals surface area contributed by atoms with Gasteiger partial charge in [0.05, 0.1) is 13.5 Å². The van der Waals surface area contributed by atoms with Crippen molar-refractivity contribution in [2.24, 2.45) is 5.41 Å². The van der Waals surface area contributed by atoms with E-state index in [9.17, 15) is 19.2 Å². The van der Waals surface area contributed by atoms with Gasteiger partial charge in [-0.2, -0.15) is 0 Å². The molecule has 0 spiro atoms. The minimum atomic E-state index is -1.40. The Labute approximate surface area is 168 Å². The number of fused-ring (bicyclic) bond motifs is 1. The second-order valence-corrected chi connectivity index (χ2v) is 6.91. The molecule has 7 nitrogen and oxygen atoms in total. The highest BCUT2D eigenvalue weighted by Crippen LogP contribution is 2.33. The molecule has 1 aromatic rings. The first kappa shape index (κ1) is 20.1. The van der Waals surface area contributed by atoms with Crippen LogP contribution in [0.3, 0.4) is 0 Å². The van der Waals surface area contributed by atoms with Crippen LogP contribution in [0.5, 0.6) is 5.75 Å². The molecule has 3 rings (SSSR count). The van der Waals surface area contributed by atoms with Crippen molar-refractivity contribution in [3.05, 3.63) is 53.1 Å². The maximum absolute atomic E-state index is 12.9. The number of benzene rings is 1. The molecule has 2 aliphatic heterocycles. The van der Waals surface area contributed by atoms with E-state index in [4.69, 9.17) is 4.74 Å². The van der Waals surface area contributed by atoms with E-state index in [2.05, 4.69) is 23.7 Å². The molecular weight excluding hydrogens is 372 g/mol. The van der Waals surface area contributed by atoms with Gasteiger partial charge in [-0.25, -0.2) is 0 Å². The van der Waals surface area contributed by atoms with Crippen LogP contribution in [0, 0.1) is 17.3 Å². The van der Waals surface area contributed by atoms with Crippen molar-refractivity contribution in [1.29, 1.82) is 0 Å². The zero-order chi connectivity index (χ0) is 21.2. The van der Waals surface area contributed by atoms with Crippen molar-refractivity contribution in [2.45, 2.75) is 19.9 Å². The van der Waals surface area contributed by atoms with Gasteiger partial charge in [-0.3, -0.25) is 24.5 Å². The summed E-state index contributed by atoms with van der Waals surface area (Å²) in [7, 11) is 1.52. The van der Waals surface area contributed by atoms with Crippen LogP contribution >= 0.6 is 0 Å². The number of methoxy groups -OCH3 is 1. The Morgan fingerprint density at radius 1 is 1.38 bits per heavy atom. The number of ether oxygens (including phenoxy) is 1. The molecule has 2 heterocycles. The molecular formula is C22H20N2O5. The van der Waals surface area contributed by atoms with E-state index >= 15 is 0 Å². The molecule has 1 saturated heterocycles. The molecule has 0 saturated carbocycles. The number of carbonyl (C=O) groups excluding carboxylic acids is 4. The molecule has 0 radical (unpaired) electrons. The van der Waals surface area contributed by atoms with Crippen LogP contribution in [-0.4, -0.2) is 42.6 Å². The van der Waals surface area contributed by atoms with Crippen LogP contribution < -0.4 is 10.1 Å². The zero-order valence-electron chi connectivity index (χ0n) is 16.2. The summed E-state index contributed by atoms with van der Waals surface area (Å²) in [6.07, 6.45) is 2.02. The molecule has 2 aliphatic rings. The van der Waals surface area contributed by atoms with Gasteiger partial charge in [0, 0.05) is 29.8 Å². The van der Waals surface area contributed by atoms with Crippen molar-refractivity contribution in [3.8, 4) is 17.6 Å². The van der Waals surface area contributed by atoms with Crippen LogP contribution in [0.25, 0.3) is 0 Å². The van der Waals surface area contributed by atoms with Crippen molar-refractivity contribution in [1.82, 2.24) is 10.2 Å². The average molecular weight is 392 g/mol. The van der Waals surface area contributed by atoms with Gasteiger partial charge in [-0.1, -0.05) is 30.6 Å². The lowest BCUT2D eigenvalue weighted by atomic mass is 9.85. The summed E-state index contributed by atoms with van der Waals surface area (Å²) in [5, 5.41) is 2.26. The number of rotatable bonds is 5. The minimum absolute atomic E-state index is 0.0487. The highest BCUT2D eigenvalue weighted by molar-refractivity contribution is 6.08. The van der Waals surface area contributed by atoms with E-state index in [1.54, 1.807) is 31.2 Å². The van der Waals surface area contributed by atoms with Gasteiger partial charge in [-0.15, -0.1) is 0 Å². The molecule has 29 heavy (non-hydrogen) atoms. The smallest absolute Gasteiger partial charge is 0.254 e. The van der Waals surface area contributed by atoms with Gasteiger partial charge in [0.1, 0.15) is 11.2 Å². The molecule has 1 N–H and O–H groups in total. The quantitative estimate of drug-likeness (QED) is 0.269. The largest absolute Gasteiger partial charge is 0.497 e. The van der Waals surface area contributed by atoms with Crippen molar-refractivity contribution in [2.75, 3.05) is 13.7 Å². The Morgan fingerprint density at radius 3 is 2.72 bits per heavy atom. The Morgan fingerprint density at radius 2 is 2.14 bits per heavy atom. The second-order valence-electron chi connectivity index (χ2n) is 6.91. The third-order valence-electron chi connectivity index (χ3n) is 5.05. The van der Waals surface area contributed by atoms with Crippen LogP contribution in [0.4, 0.5) is 0 Å². The Bertz CT molecular complexity index is 1030. The Kier molecular flexibility index (Phi) is 5.37. The first-order valence-corrected chi connectivity index (χ1v) is 8.98. The van der Waals surface area contributed by atoms with Gasteiger partial charge < -0.3 is 9.64 Å².